The third kappa shape index (κ3) is 4.14. The molecule has 5 heteroatoms. The minimum atomic E-state index is -0.968. The molecule has 1 aromatic carbocycles. The monoisotopic (exact) mass is 299 g/mol. The van der Waals surface area contributed by atoms with Crippen molar-refractivity contribution in [1.82, 2.24) is 5.32 Å². The molecule has 0 atom stereocenters. The zero-order chi connectivity index (χ0) is 15.7. The van der Waals surface area contributed by atoms with E-state index in [0.29, 0.717) is 12.1 Å². The maximum Gasteiger partial charge on any atom is 0.187 e. The van der Waals surface area contributed by atoms with Gasteiger partial charge in [0.2, 0.25) is 0 Å². The fourth-order valence-corrected chi connectivity index (χ4v) is 2.73. The highest BCUT2D eigenvalue weighted by Crippen LogP contribution is 2.39. The Morgan fingerprint density at radius 2 is 1.62 bits per heavy atom. The molecule has 1 aliphatic carbocycles. The first-order chi connectivity index (χ1) is 9.71. The van der Waals surface area contributed by atoms with E-state index in [4.69, 9.17) is 5.11 Å². The summed E-state index contributed by atoms with van der Waals surface area (Å²) in [6, 6.07) is 2.19. The maximum atomic E-state index is 13.2. The molecule has 0 aromatic heterocycles. The molecular weight excluding hydrogens is 276 g/mol. The zero-order valence-electron chi connectivity index (χ0n) is 12.5. The van der Waals surface area contributed by atoms with Crippen molar-refractivity contribution in [2.24, 2.45) is 5.41 Å². The first-order valence-electron chi connectivity index (χ1n) is 7.31. The molecule has 0 saturated heterocycles. The maximum absolute atomic E-state index is 13.2. The summed E-state index contributed by atoms with van der Waals surface area (Å²) in [5.74, 6) is -2.89. The standard InChI is InChI=1S/C16H23F2NO2/c1-15(2)3-5-16(21,6-4-15)10-19-9-11-7-12(17)14(20)13(18)8-11/h7-8,19-21H,3-6,9-10H2,1-2H3. The predicted octanol–water partition coefficient (Wildman–Crippen LogP) is 3.09. The van der Waals surface area contributed by atoms with Crippen LogP contribution in [0.3, 0.4) is 0 Å². The molecule has 0 amide bonds. The Hall–Kier alpha value is -1.20. The van der Waals surface area contributed by atoms with Crippen LogP contribution in [0.5, 0.6) is 5.75 Å². The Morgan fingerprint density at radius 3 is 2.14 bits per heavy atom. The van der Waals surface area contributed by atoms with Crippen LogP contribution in [0.1, 0.15) is 45.1 Å². The first-order valence-corrected chi connectivity index (χ1v) is 7.31. The number of benzene rings is 1. The van der Waals surface area contributed by atoms with Gasteiger partial charge in [0.25, 0.3) is 0 Å². The molecule has 118 valence electrons. The van der Waals surface area contributed by atoms with Crippen molar-refractivity contribution in [1.29, 1.82) is 0 Å². The van der Waals surface area contributed by atoms with Crippen LogP contribution in [-0.4, -0.2) is 22.4 Å². The summed E-state index contributed by atoms with van der Waals surface area (Å²) >= 11 is 0. The molecule has 2 rings (SSSR count). The van der Waals surface area contributed by atoms with Crippen LogP contribution >= 0.6 is 0 Å². The van der Waals surface area contributed by atoms with E-state index >= 15 is 0 Å². The number of hydrogen-bond acceptors (Lipinski definition) is 3. The zero-order valence-corrected chi connectivity index (χ0v) is 12.5. The molecule has 0 bridgehead atoms. The van der Waals surface area contributed by atoms with Gasteiger partial charge in [-0.15, -0.1) is 0 Å². The molecule has 3 N–H and O–H groups in total. The number of aromatic hydroxyl groups is 1. The predicted molar refractivity (Wildman–Crippen MR) is 76.9 cm³/mol. The van der Waals surface area contributed by atoms with Crippen molar-refractivity contribution in [2.75, 3.05) is 6.54 Å². The average Bonchev–Trinajstić information content (AvgIpc) is 2.40. The van der Waals surface area contributed by atoms with Gasteiger partial charge in [-0.25, -0.2) is 8.78 Å². The van der Waals surface area contributed by atoms with E-state index < -0.39 is 23.0 Å². The highest BCUT2D eigenvalue weighted by molar-refractivity contribution is 5.29. The van der Waals surface area contributed by atoms with Crippen molar-refractivity contribution in [3.63, 3.8) is 0 Å². The summed E-state index contributed by atoms with van der Waals surface area (Å²) in [5.41, 5.74) is -0.0681. The lowest BCUT2D eigenvalue weighted by molar-refractivity contribution is -0.0245. The van der Waals surface area contributed by atoms with Gasteiger partial charge >= 0.3 is 0 Å². The normalized spacial score (nSPS) is 20.4. The third-order valence-corrected chi connectivity index (χ3v) is 4.39. The van der Waals surface area contributed by atoms with Gasteiger partial charge in [0.1, 0.15) is 0 Å². The van der Waals surface area contributed by atoms with Gasteiger partial charge in [-0.3, -0.25) is 0 Å². The van der Waals surface area contributed by atoms with Gasteiger partial charge < -0.3 is 15.5 Å². The van der Waals surface area contributed by atoms with Crippen LogP contribution in [-0.2, 0) is 6.54 Å². The SMILES string of the molecule is CC1(C)CCC(O)(CNCc2cc(F)c(O)c(F)c2)CC1. The summed E-state index contributed by atoms with van der Waals surface area (Å²) in [6.45, 7) is 5.04. The fraction of sp³-hybridized carbons (Fsp3) is 0.625. The second kappa shape index (κ2) is 5.89. The largest absolute Gasteiger partial charge is 0.503 e. The fourth-order valence-electron chi connectivity index (χ4n) is 2.73. The molecular formula is C16H23F2NO2. The third-order valence-electron chi connectivity index (χ3n) is 4.39. The highest BCUT2D eigenvalue weighted by atomic mass is 19.1. The Kier molecular flexibility index (Phi) is 4.54. The summed E-state index contributed by atoms with van der Waals surface area (Å²) < 4.78 is 26.4. The Balaban J connectivity index is 1.87. The van der Waals surface area contributed by atoms with Crippen molar-refractivity contribution in [3.05, 3.63) is 29.3 Å². The molecule has 0 aliphatic heterocycles. The molecule has 1 aromatic rings. The topological polar surface area (TPSA) is 52.5 Å². The van der Waals surface area contributed by atoms with Crippen LogP contribution in [0, 0.1) is 17.0 Å². The number of halogens is 2. The lowest BCUT2D eigenvalue weighted by Gasteiger charge is -2.40. The number of aliphatic hydroxyl groups is 1. The molecule has 1 aliphatic rings. The first kappa shape index (κ1) is 16.2. The second-order valence-electron chi connectivity index (χ2n) is 6.90. The Morgan fingerprint density at radius 1 is 1.10 bits per heavy atom. The van der Waals surface area contributed by atoms with Crippen LogP contribution in [0.2, 0.25) is 0 Å². The number of phenolic OH excluding ortho intramolecular Hbond substituents is 1. The average molecular weight is 299 g/mol. The van der Waals surface area contributed by atoms with Crippen LogP contribution in [0.25, 0.3) is 0 Å². The van der Waals surface area contributed by atoms with Crippen molar-refractivity contribution < 1.29 is 19.0 Å². The molecule has 0 heterocycles. The van der Waals surface area contributed by atoms with Gasteiger partial charge in [0.15, 0.2) is 17.4 Å². The molecule has 21 heavy (non-hydrogen) atoms. The van der Waals surface area contributed by atoms with E-state index in [1.165, 1.54) is 0 Å². The van der Waals surface area contributed by atoms with E-state index in [0.717, 1.165) is 37.8 Å². The van der Waals surface area contributed by atoms with Crippen molar-refractivity contribution in [3.8, 4) is 5.75 Å². The van der Waals surface area contributed by atoms with E-state index in [1.54, 1.807) is 0 Å². The van der Waals surface area contributed by atoms with Crippen molar-refractivity contribution in [2.45, 2.75) is 51.7 Å². The Bertz CT molecular complexity index is 484. The van der Waals surface area contributed by atoms with Gasteiger partial charge in [-0.05, 0) is 48.8 Å². The molecule has 0 spiro atoms. The molecule has 0 unspecified atom stereocenters. The minimum absolute atomic E-state index is 0.250. The number of phenols is 1. The van der Waals surface area contributed by atoms with E-state index in [-0.39, 0.29) is 12.0 Å². The number of nitrogens with one attached hydrogen (secondary N) is 1. The lowest BCUT2D eigenvalue weighted by Crippen LogP contribution is -2.44. The minimum Gasteiger partial charge on any atom is -0.503 e. The number of hydrogen-bond donors (Lipinski definition) is 3. The lowest BCUT2D eigenvalue weighted by atomic mass is 9.71. The van der Waals surface area contributed by atoms with E-state index in [2.05, 4.69) is 19.2 Å². The van der Waals surface area contributed by atoms with Crippen LogP contribution in [0.15, 0.2) is 12.1 Å². The molecule has 3 nitrogen and oxygen atoms in total. The summed E-state index contributed by atoms with van der Waals surface area (Å²) in [6.07, 6.45) is 3.39. The summed E-state index contributed by atoms with van der Waals surface area (Å²) in [5, 5.41) is 22.6. The van der Waals surface area contributed by atoms with Gasteiger partial charge in [0.05, 0.1) is 5.60 Å². The summed E-state index contributed by atoms with van der Waals surface area (Å²) in [7, 11) is 0. The van der Waals surface area contributed by atoms with E-state index in [1.807, 2.05) is 0 Å². The summed E-state index contributed by atoms with van der Waals surface area (Å²) in [4.78, 5) is 0. The van der Waals surface area contributed by atoms with Gasteiger partial charge in [-0.1, -0.05) is 13.8 Å². The number of rotatable bonds is 4. The Labute approximate surface area is 124 Å². The van der Waals surface area contributed by atoms with Crippen LogP contribution < -0.4 is 5.32 Å². The molecule has 1 fully saturated rings. The van der Waals surface area contributed by atoms with Crippen molar-refractivity contribution >= 4 is 0 Å². The smallest absolute Gasteiger partial charge is 0.187 e. The molecule has 1 saturated carbocycles. The van der Waals surface area contributed by atoms with Gasteiger partial charge in [0, 0.05) is 13.1 Å². The molecule has 0 radical (unpaired) electrons. The quantitative estimate of drug-likeness (QED) is 0.801. The second-order valence-corrected chi connectivity index (χ2v) is 6.90. The van der Waals surface area contributed by atoms with Crippen LogP contribution in [0.4, 0.5) is 8.78 Å². The highest BCUT2D eigenvalue weighted by Gasteiger charge is 2.36. The van der Waals surface area contributed by atoms with E-state index in [9.17, 15) is 13.9 Å². The van der Waals surface area contributed by atoms with Gasteiger partial charge in [-0.2, -0.15) is 0 Å².